The van der Waals surface area contributed by atoms with Gasteiger partial charge in [-0.1, -0.05) is 11.3 Å². The Balaban J connectivity index is 1.93. The van der Waals surface area contributed by atoms with Crippen LogP contribution in [-0.4, -0.2) is 76.3 Å². The van der Waals surface area contributed by atoms with Crippen molar-refractivity contribution in [2.75, 3.05) is 47.1 Å². The molecule has 0 bridgehead atoms. The molecule has 1 amide bonds. The minimum Gasteiger partial charge on any atom is -0.465 e. The number of rotatable bonds is 12. The van der Waals surface area contributed by atoms with E-state index in [-0.39, 0.29) is 54.7 Å². The molecule has 2 aromatic carbocycles. The van der Waals surface area contributed by atoms with E-state index in [0.717, 1.165) is 11.3 Å². The lowest BCUT2D eigenvalue weighted by Gasteiger charge is -2.21. The van der Waals surface area contributed by atoms with Crippen LogP contribution < -0.4 is 4.80 Å². The predicted octanol–water partition coefficient (Wildman–Crippen LogP) is 2.43. The van der Waals surface area contributed by atoms with Crippen LogP contribution in [0.25, 0.3) is 10.2 Å². The minimum atomic E-state index is -3.85. The van der Waals surface area contributed by atoms with Crippen LogP contribution >= 0.6 is 11.3 Å². The summed E-state index contributed by atoms with van der Waals surface area (Å²) in [7, 11) is -0.890. The van der Waals surface area contributed by atoms with Crippen molar-refractivity contribution in [1.82, 2.24) is 8.87 Å². The maximum atomic E-state index is 13.8. The van der Waals surface area contributed by atoms with Crippen molar-refractivity contribution in [3.8, 4) is 0 Å². The highest BCUT2D eigenvalue weighted by Gasteiger charge is 2.24. The van der Waals surface area contributed by atoms with Gasteiger partial charge in [-0.3, -0.25) is 9.59 Å². The molecule has 10 nitrogen and oxygen atoms in total. The molecular weight excluding hydrogens is 525 g/mol. The second-order valence-electron chi connectivity index (χ2n) is 7.72. The molecule has 1 heterocycles. The van der Waals surface area contributed by atoms with E-state index >= 15 is 0 Å². The Labute approximate surface area is 217 Å². The first-order valence-corrected chi connectivity index (χ1v) is 13.6. The van der Waals surface area contributed by atoms with Crippen LogP contribution in [0.2, 0.25) is 0 Å². The van der Waals surface area contributed by atoms with Gasteiger partial charge in [0, 0.05) is 32.9 Å². The number of thiazole rings is 1. The third-order valence-electron chi connectivity index (χ3n) is 5.26. The van der Waals surface area contributed by atoms with E-state index in [4.69, 9.17) is 14.2 Å². The molecule has 0 spiro atoms. The number of hydrogen-bond acceptors (Lipinski definition) is 8. The fraction of sp³-hybridized carbons (Fsp3) is 0.375. The van der Waals surface area contributed by atoms with Gasteiger partial charge in [0.2, 0.25) is 10.0 Å². The molecule has 0 saturated heterocycles. The van der Waals surface area contributed by atoms with Gasteiger partial charge in [0.15, 0.2) is 4.80 Å². The fourth-order valence-electron chi connectivity index (χ4n) is 3.43. The smallest absolute Gasteiger partial charge is 0.326 e. The SMILES string of the molecule is CCOC(=O)Cn1c(=NC(=O)c2ccc(S(=O)(=O)N(CCOC)CCOC)cc2)sc2cc(F)ccc21. The molecule has 37 heavy (non-hydrogen) atoms. The number of amides is 1. The zero-order chi connectivity index (χ0) is 27.0. The number of aromatic nitrogens is 1. The Hall–Kier alpha value is -2.97. The van der Waals surface area contributed by atoms with Gasteiger partial charge < -0.3 is 18.8 Å². The summed E-state index contributed by atoms with van der Waals surface area (Å²) in [6.07, 6.45) is 0. The lowest BCUT2D eigenvalue weighted by atomic mass is 10.2. The summed E-state index contributed by atoms with van der Waals surface area (Å²) in [5.74, 6) is -1.64. The minimum absolute atomic E-state index is 0.00553. The second kappa shape index (κ2) is 13.0. The van der Waals surface area contributed by atoms with Gasteiger partial charge in [-0.25, -0.2) is 12.8 Å². The van der Waals surface area contributed by atoms with E-state index in [1.807, 2.05) is 0 Å². The van der Waals surface area contributed by atoms with Crippen LogP contribution in [0.3, 0.4) is 0 Å². The van der Waals surface area contributed by atoms with Gasteiger partial charge in [-0.05, 0) is 49.4 Å². The van der Waals surface area contributed by atoms with Crippen LogP contribution in [0, 0.1) is 5.82 Å². The second-order valence-corrected chi connectivity index (χ2v) is 10.7. The Bertz CT molecular complexity index is 1410. The number of hydrogen-bond donors (Lipinski definition) is 0. The molecule has 200 valence electrons. The Kier molecular flexibility index (Phi) is 10.1. The third-order valence-corrected chi connectivity index (χ3v) is 8.22. The highest BCUT2D eigenvalue weighted by molar-refractivity contribution is 7.89. The van der Waals surface area contributed by atoms with Crippen molar-refractivity contribution in [3.05, 3.63) is 58.6 Å². The maximum absolute atomic E-state index is 13.8. The molecule has 0 radical (unpaired) electrons. The maximum Gasteiger partial charge on any atom is 0.326 e. The number of sulfonamides is 1. The summed E-state index contributed by atoms with van der Waals surface area (Å²) in [5, 5.41) is 0. The lowest BCUT2D eigenvalue weighted by molar-refractivity contribution is -0.143. The Morgan fingerprint density at radius 1 is 1.05 bits per heavy atom. The van der Waals surface area contributed by atoms with Crippen LogP contribution in [0.15, 0.2) is 52.4 Å². The van der Waals surface area contributed by atoms with Crippen molar-refractivity contribution in [2.24, 2.45) is 4.99 Å². The molecule has 13 heteroatoms. The highest BCUT2D eigenvalue weighted by atomic mass is 32.2. The zero-order valence-corrected chi connectivity index (χ0v) is 22.3. The predicted molar refractivity (Wildman–Crippen MR) is 135 cm³/mol. The largest absolute Gasteiger partial charge is 0.465 e. The molecule has 0 saturated carbocycles. The number of fused-ring (bicyclic) bond motifs is 1. The molecule has 3 aromatic rings. The number of benzene rings is 2. The Morgan fingerprint density at radius 3 is 2.30 bits per heavy atom. The topological polar surface area (TPSA) is 117 Å². The van der Waals surface area contributed by atoms with Crippen LogP contribution in [0.1, 0.15) is 17.3 Å². The van der Waals surface area contributed by atoms with Crippen molar-refractivity contribution in [3.63, 3.8) is 0 Å². The van der Waals surface area contributed by atoms with Gasteiger partial charge in [0.1, 0.15) is 12.4 Å². The molecule has 1 aromatic heterocycles. The monoisotopic (exact) mass is 553 g/mol. The molecular formula is C24H28FN3O7S2. The van der Waals surface area contributed by atoms with Crippen molar-refractivity contribution < 1.29 is 36.6 Å². The first-order chi connectivity index (χ1) is 17.7. The molecule has 0 unspecified atom stereocenters. The summed E-state index contributed by atoms with van der Waals surface area (Å²) >= 11 is 1.05. The number of halogens is 1. The molecule has 0 atom stereocenters. The van der Waals surface area contributed by atoms with Crippen LogP contribution in [0.4, 0.5) is 4.39 Å². The zero-order valence-electron chi connectivity index (χ0n) is 20.7. The molecule has 0 fully saturated rings. The van der Waals surface area contributed by atoms with E-state index in [2.05, 4.69) is 4.99 Å². The number of carbonyl (C=O) groups excluding carboxylic acids is 2. The van der Waals surface area contributed by atoms with E-state index in [1.54, 1.807) is 6.92 Å². The molecule has 0 aliphatic carbocycles. The molecule has 0 aliphatic rings. The summed E-state index contributed by atoms with van der Waals surface area (Å²) in [5.41, 5.74) is 0.672. The fourth-order valence-corrected chi connectivity index (χ4v) is 5.89. The first-order valence-electron chi connectivity index (χ1n) is 11.3. The number of methoxy groups -OCH3 is 2. The first kappa shape index (κ1) is 28.6. The number of ether oxygens (including phenoxy) is 3. The summed E-state index contributed by atoms with van der Waals surface area (Å²) in [6, 6.07) is 9.45. The van der Waals surface area contributed by atoms with Gasteiger partial charge in [0.25, 0.3) is 5.91 Å². The van der Waals surface area contributed by atoms with E-state index < -0.39 is 27.7 Å². The van der Waals surface area contributed by atoms with Crippen LogP contribution in [-0.2, 0) is 35.6 Å². The summed E-state index contributed by atoms with van der Waals surface area (Å²) < 4.78 is 58.2. The molecule has 0 N–H and O–H groups in total. The van der Waals surface area contributed by atoms with Gasteiger partial charge >= 0.3 is 5.97 Å². The van der Waals surface area contributed by atoms with E-state index in [0.29, 0.717) is 10.2 Å². The molecule has 3 rings (SSSR count). The average molecular weight is 554 g/mol. The van der Waals surface area contributed by atoms with Gasteiger partial charge in [-0.15, -0.1) is 0 Å². The van der Waals surface area contributed by atoms with E-state index in [9.17, 15) is 22.4 Å². The number of nitrogens with zero attached hydrogens (tertiary/aromatic N) is 3. The number of carbonyl (C=O) groups is 2. The average Bonchev–Trinajstić information content (AvgIpc) is 3.19. The number of esters is 1. The lowest BCUT2D eigenvalue weighted by Crippen LogP contribution is -2.36. The van der Waals surface area contributed by atoms with E-state index in [1.165, 1.54) is 65.6 Å². The quantitative estimate of drug-likeness (QED) is 0.316. The third kappa shape index (κ3) is 7.08. The Morgan fingerprint density at radius 2 is 1.70 bits per heavy atom. The van der Waals surface area contributed by atoms with Gasteiger partial charge in [0.05, 0.1) is 34.9 Å². The molecule has 0 aliphatic heterocycles. The summed E-state index contributed by atoms with van der Waals surface area (Å²) in [6.45, 7) is 2.37. The summed E-state index contributed by atoms with van der Waals surface area (Å²) in [4.78, 5) is 29.4. The van der Waals surface area contributed by atoms with Crippen molar-refractivity contribution in [1.29, 1.82) is 0 Å². The van der Waals surface area contributed by atoms with Crippen molar-refractivity contribution >= 4 is 43.5 Å². The van der Waals surface area contributed by atoms with Crippen molar-refractivity contribution in [2.45, 2.75) is 18.4 Å². The van der Waals surface area contributed by atoms with Gasteiger partial charge in [-0.2, -0.15) is 9.30 Å². The normalized spacial score (nSPS) is 12.4. The standard InChI is InChI=1S/C24H28FN3O7S2/c1-4-35-22(29)16-28-20-10-7-18(25)15-21(20)36-24(28)26-23(30)17-5-8-19(9-6-17)37(31,32)27(11-13-33-2)12-14-34-3/h5-10,15H,4,11-14,16H2,1-3H3. The highest BCUT2D eigenvalue weighted by Crippen LogP contribution is 2.20. The van der Waals surface area contributed by atoms with Crippen LogP contribution in [0.5, 0.6) is 0 Å².